The molecule has 5 aromatic carbocycles. The number of anilines is 8. The van der Waals surface area contributed by atoms with Crippen LogP contribution in [0.1, 0.15) is 65.7 Å². The van der Waals surface area contributed by atoms with Crippen molar-refractivity contribution in [3.05, 3.63) is 114 Å². The largest absolute Gasteiger partial charge is 0.397 e. The van der Waals surface area contributed by atoms with Crippen molar-refractivity contribution in [3.8, 4) is 22.5 Å². The lowest BCUT2D eigenvalue weighted by atomic mass is 10.1. The fourth-order valence-electron chi connectivity index (χ4n) is 8.63. The van der Waals surface area contributed by atoms with Gasteiger partial charge in [-0.1, -0.05) is 69.4 Å². The summed E-state index contributed by atoms with van der Waals surface area (Å²) in [6.07, 6.45) is 0. The topological polar surface area (TPSA) is 361 Å². The molecule has 0 saturated carbocycles. The molecular weight excluding hydrogens is 1270 g/mol. The summed E-state index contributed by atoms with van der Waals surface area (Å²) in [5.41, 5.74) is 19.7. The van der Waals surface area contributed by atoms with E-state index in [4.69, 9.17) is 26.4 Å². The van der Waals surface area contributed by atoms with Gasteiger partial charge in [0.15, 0.2) is 19.8 Å². The SMILES string of the molecule is C.CC.CCN(CC)c1ccc(N)c(Nc2nc(Nc3cc(N(CC)CC)ccc3N=Nc3snc4snc(-c5ccc(C)c(S(=O)(=O)O)c5)c34)nc(SCc3cccc(S(=O)(=O)O)c3)n2)c1.Cc1ccc(-c2nsc3nsc(N)c23)cc1S(=O)(=O)O. The van der Waals surface area contributed by atoms with Gasteiger partial charge in [0, 0.05) is 54.4 Å². The Labute approximate surface area is 525 Å². The number of fused-ring (bicyclic) bond motifs is 2. The average Bonchev–Trinajstić information content (AvgIpc) is 1.84. The van der Waals surface area contributed by atoms with Gasteiger partial charge >= 0.3 is 0 Å². The van der Waals surface area contributed by atoms with Crippen molar-refractivity contribution in [1.82, 2.24) is 32.4 Å². The van der Waals surface area contributed by atoms with Crippen molar-refractivity contribution in [2.45, 2.75) is 88.4 Å². The van der Waals surface area contributed by atoms with Crippen LogP contribution in [0.4, 0.5) is 56.0 Å². The van der Waals surface area contributed by atoms with Crippen molar-refractivity contribution in [3.63, 3.8) is 0 Å². The first-order valence-electron chi connectivity index (χ1n) is 26.3. The first-order chi connectivity index (χ1) is 40.9. The number of thioether (sulfide) groups is 1. The van der Waals surface area contributed by atoms with Gasteiger partial charge in [-0.25, -0.2) is 0 Å². The maximum Gasteiger partial charge on any atom is 0.294 e. The molecular formula is C55H63N15O9S8. The molecule has 0 aliphatic heterocycles. The van der Waals surface area contributed by atoms with E-state index in [1.54, 1.807) is 50.2 Å². The van der Waals surface area contributed by atoms with Gasteiger partial charge in [0.2, 0.25) is 11.9 Å². The van der Waals surface area contributed by atoms with Crippen LogP contribution in [0.3, 0.4) is 0 Å². The van der Waals surface area contributed by atoms with E-state index < -0.39 is 30.4 Å². The first kappa shape index (κ1) is 67.1. The molecule has 460 valence electrons. The normalized spacial score (nSPS) is 11.7. The highest BCUT2D eigenvalue weighted by Gasteiger charge is 2.23. The quantitative estimate of drug-likeness (QED) is 0.0161. The van der Waals surface area contributed by atoms with Crippen molar-refractivity contribution in [2.75, 3.05) is 58.1 Å². The second kappa shape index (κ2) is 28.6. The molecule has 10 aromatic rings. The van der Waals surface area contributed by atoms with Crippen LogP contribution in [-0.4, -0.2) is 97.5 Å². The molecule has 0 saturated heterocycles. The van der Waals surface area contributed by atoms with E-state index in [9.17, 15) is 38.9 Å². The molecule has 0 aliphatic carbocycles. The molecule has 32 heteroatoms. The summed E-state index contributed by atoms with van der Waals surface area (Å²) in [4.78, 5) is 19.3. The lowest BCUT2D eigenvalue weighted by molar-refractivity contribution is 0.480. The molecule has 0 spiro atoms. The van der Waals surface area contributed by atoms with Gasteiger partial charge in [-0.05, 0) is 165 Å². The minimum atomic E-state index is -4.49. The molecule has 0 aliphatic rings. The Morgan fingerprint density at radius 1 is 0.575 bits per heavy atom. The highest BCUT2D eigenvalue weighted by Crippen LogP contribution is 2.43. The zero-order chi connectivity index (χ0) is 62.3. The van der Waals surface area contributed by atoms with Gasteiger partial charge in [-0.3, -0.25) is 13.7 Å². The molecule has 0 amide bonds. The number of hydrogen-bond acceptors (Lipinski definition) is 26. The molecule has 0 atom stereocenters. The molecule has 9 N–H and O–H groups in total. The van der Waals surface area contributed by atoms with Crippen LogP contribution in [0.15, 0.2) is 127 Å². The third kappa shape index (κ3) is 15.9. The van der Waals surface area contributed by atoms with Crippen molar-refractivity contribution < 1.29 is 38.9 Å². The Kier molecular flexibility index (Phi) is 22.1. The van der Waals surface area contributed by atoms with Crippen LogP contribution in [0.25, 0.3) is 42.9 Å². The molecule has 10 rings (SSSR count). The number of nitrogens with zero attached hydrogens (tertiary/aromatic N) is 11. The van der Waals surface area contributed by atoms with E-state index in [-0.39, 0.29) is 44.9 Å². The number of rotatable bonds is 20. The number of nitrogens with one attached hydrogen (secondary N) is 2. The van der Waals surface area contributed by atoms with Crippen LogP contribution in [0, 0.1) is 13.8 Å². The van der Waals surface area contributed by atoms with Crippen LogP contribution < -0.4 is 31.9 Å². The number of benzene rings is 5. The van der Waals surface area contributed by atoms with Crippen LogP contribution in [-0.2, 0) is 36.1 Å². The second-order valence-corrected chi connectivity index (χ2v) is 26.5. The molecule has 87 heavy (non-hydrogen) atoms. The predicted octanol–water partition coefficient (Wildman–Crippen LogP) is 14.1. The van der Waals surface area contributed by atoms with Crippen molar-refractivity contribution >= 4 is 165 Å². The van der Waals surface area contributed by atoms with E-state index in [1.165, 1.54) is 59.1 Å². The minimum Gasteiger partial charge on any atom is -0.397 e. The summed E-state index contributed by atoms with van der Waals surface area (Å²) >= 11 is 5.86. The average molecular weight is 1330 g/mol. The van der Waals surface area contributed by atoms with Gasteiger partial charge in [0.1, 0.15) is 10.7 Å². The third-order valence-electron chi connectivity index (χ3n) is 12.9. The van der Waals surface area contributed by atoms with Crippen molar-refractivity contribution in [1.29, 1.82) is 0 Å². The molecule has 0 radical (unpaired) electrons. The van der Waals surface area contributed by atoms with Crippen molar-refractivity contribution in [2.24, 2.45) is 10.2 Å². The van der Waals surface area contributed by atoms with E-state index in [0.29, 0.717) is 82.2 Å². The van der Waals surface area contributed by atoms with Gasteiger partial charge in [-0.2, -0.15) is 57.7 Å². The summed E-state index contributed by atoms with van der Waals surface area (Å²) in [6.45, 7) is 18.5. The lowest BCUT2D eigenvalue weighted by Gasteiger charge is -2.22. The van der Waals surface area contributed by atoms with Gasteiger partial charge < -0.3 is 31.9 Å². The summed E-state index contributed by atoms with van der Waals surface area (Å²) in [5.74, 6) is 0.582. The summed E-state index contributed by atoms with van der Waals surface area (Å²) < 4.78 is 117. The summed E-state index contributed by atoms with van der Waals surface area (Å²) in [5, 5.41) is 18.5. The number of aryl methyl sites for hydroxylation is 2. The Morgan fingerprint density at radius 3 is 1.64 bits per heavy atom. The zero-order valence-electron chi connectivity index (χ0n) is 47.4. The first-order valence-corrected chi connectivity index (χ1v) is 34.7. The maximum absolute atomic E-state index is 12.1. The Balaban J connectivity index is 0.000000393. The Bertz CT molecular complexity index is 4470. The maximum atomic E-state index is 12.1. The number of azo groups is 1. The van der Waals surface area contributed by atoms with E-state index in [2.05, 4.69) is 75.9 Å². The predicted molar refractivity (Wildman–Crippen MR) is 354 cm³/mol. The number of aromatic nitrogens is 7. The number of nitrogen functional groups attached to an aromatic ring is 2. The number of nitrogens with two attached hydrogens (primary N) is 2. The summed E-state index contributed by atoms with van der Waals surface area (Å²) in [7, 11) is -13.2. The molecule has 24 nitrogen and oxygen atoms in total. The van der Waals surface area contributed by atoms with Crippen LogP contribution in [0.5, 0.6) is 0 Å². The highest BCUT2D eigenvalue weighted by atomic mass is 32.2. The minimum absolute atomic E-state index is 0. The van der Waals surface area contributed by atoms with Gasteiger partial charge in [-0.15, -0.1) is 10.2 Å². The number of hydrogen-bond donors (Lipinski definition) is 7. The van der Waals surface area contributed by atoms with E-state index in [0.717, 1.165) is 70.8 Å². The Hall–Kier alpha value is -7.37. The zero-order valence-corrected chi connectivity index (χ0v) is 53.9. The van der Waals surface area contributed by atoms with Gasteiger partial charge in [0.25, 0.3) is 30.4 Å². The van der Waals surface area contributed by atoms with E-state index in [1.807, 2.05) is 50.2 Å². The van der Waals surface area contributed by atoms with Crippen LogP contribution in [0.2, 0.25) is 0 Å². The fraction of sp³-hybridized carbons (Fsp3) is 0.255. The highest BCUT2D eigenvalue weighted by molar-refractivity contribution is 7.98. The molecule has 5 heterocycles. The fourth-order valence-corrected chi connectivity index (χ4v) is 14.6. The molecule has 0 fully saturated rings. The Morgan fingerprint density at radius 2 is 1.09 bits per heavy atom. The third-order valence-corrected chi connectivity index (χ3v) is 19.8. The second-order valence-electron chi connectivity index (χ2n) is 18.3. The smallest absolute Gasteiger partial charge is 0.294 e. The monoisotopic (exact) mass is 1330 g/mol. The molecule has 0 bridgehead atoms. The molecule has 0 unspecified atom stereocenters. The van der Waals surface area contributed by atoms with E-state index >= 15 is 0 Å². The molecule has 5 aromatic heterocycles. The summed E-state index contributed by atoms with van der Waals surface area (Å²) in [6, 6.07) is 26.8. The van der Waals surface area contributed by atoms with Gasteiger partial charge in [0.05, 0.1) is 53.9 Å². The lowest BCUT2D eigenvalue weighted by Crippen LogP contribution is -2.21. The standard InChI is InChI=1S/C41H44N12O6S5.C11H9N3O3S3.C2H6.CH4/c1-6-52(7-2)27-15-17-30(42)32(21-27)43-39-45-40(47-41(46-39)60-23-25-11-10-12-29(19-25)63(54,55)56)44-33-22-28(53(8-3)9-4)16-18-31(33)48-49-37-35-36(50-62-38(35)51-61-37)26-14-13-24(5)34(20-26)64(57,58)59;1-5-2-3-6(4-7(5)20(15,16)17)9-8-10(12)18-14-11(8)19-13-9;1-2;/h10-22H,6-9,23,42H2,1-5H3,(H,54,55,56)(H,57,58,59)(H2,43,44,45,46,47);2-4H,12H2,1H3,(H,15,16,17);1-2H3;1H4. The van der Waals surface area contributed by atoms with Crippen LogP contribution >= 0.6 is 57.9 Å².